The maximum atomic E-state index is 11.9. The lowest BCUT2D eigenvalue weighted by Crippen LogP contribution is -2.25. The van der Waals surface area contributed by atoms with Gasteiger partial charge in [0.25, 0.3) is 5.91 Å². The molecule has 0 atom stereocenters. The second kappa shape index (κ2) is 5.48. The Bertz CT molecular complexity index is 528. The molecule has 1 amide bonds. The summed E-state index contributed by atoms with van der Waals surface area (Å²) in [6.07, 6.45) is 5.33. The summed E-state index contributed by atoms with van der Waals surface area (Å²) < 4.78 is 3.50. The Kier molecular flexibility index (Phi) is 3.76. The lowest BCUT2D eigenvalue weighted by Gasteiger charge is -2.05. The minimum Gasteiger partial charge on any atom is -0.347 e. The van der Waals surface area contributed by atoms with E-state index in [2.05, 4.69) is 15.5 Å². The first-order chi connectivity index (χ1) is 8.74. The molecule has 0 saturated carbocycles. The molecule has 6 heteroatoms. The van der Waals surface area contributed by atoms with E-state index in [1.54, 1.807) is 23.1 Å². The highest BCUT2D eigenvalue weighted by molar-refractivity contribution is 5.92. The van der Waals surface area contributed by atoms with Gasteiger partial charge in [-0.1, -0.05) is 0 Å². The van der Waals surface area contributed by atoms with Crippen LogP contribution in [0.25, 0.3) is 0 Å². The number of nitrogens with zero attached hydrogens (tertiary/aromatic N) is 4. The van der Waals surface area contributed by atoms with E-state index < -0.39 is 0 Å². The minimum absolute atomic E-state index is 0.112. The number of carbonyl (C=O) groups excluding carboxylic acids is 1. The van der Waals surface area contributed by atoms with Gasteiger partial charge in [0.15, 0.2) is 0 Å². The Labute approximate surface area is 106 Å². The first-order valence-corrected chi connectivity index (χ1v) is 6.06. The smallest absolute Gasteiger partial charge is 0.269 e. The molecule has 0 unspecified atom stereocenters. The molecule has 0 aromatic carbocycles. The molecule has 0 radical (unpaired) electrons. The van der Waals surface area contributed by atoms with Crippen LogP contribution in [0.1, 0.15) is 29.9 Å². The van der Waals surface area contributed by atoms with Gasteiger partial charge < -0.3 is 5.32 Å². The van der Waals surface area contributed by atoms with Gasteiger partial charge in [0, 0.05) is 37.6 Å². The van der Waals surface area contributed by atoms with Crippen molar-refractivity contribution < 1.29 is 4.79 Å². The Balaban J connectivity index is 1.96. The number of hydrogen-bond acceptors (Lipinski definition) is 3. The summed E-state index contributed by atoms with van der Waals surface area (Å²) in [5.74, 6) is -0.112. The first kappa shape index (κ1) is 12.3. The summed E-state index contributed by atoms with van der Waals surface area (Å²) in [6.45, 7) is 5.97. The van der Waals surface area contributed by atoms with Gasteiger partial charge in [-0.25, -0.2) is 0 Å². The van der Waals surface area contributed by atoms with Crippen LogP contribution in [0.15, 0.2) is 24.7 Å². The fourth-order valence-electron chi connectivity index (χ4n) is 1.72. The number of nitrogens with one attached hydrogen (secondary N) is 1. The fraction of sp³-hybridized carbons (Fsp3) is 0.417. The number of hydrogen-bond donors (Lipinski definition) is 1. The zero-order valence-electron chi connectivity index (χ0n) is 10.6. The third-order valence-electron chi connectivity index (χ3n) is 2.71. The van der Waals surface area contributed by atoms with E-state index >= 15 is 0 Å². The third-order valence-corrected chi connectivity index (χ3v) is 2.71. The van der Waals surface area contributed by atoms with Crippen molar-refractivity contribution in [1.82, 2.24) is 24.9 Å². The maximum Gasteiger partial charge on any atom is 0.269 e. The molecule has 2 aromatic rings. The minimum atomic E-state index is -0.112. The molecule has 0 aliphatic heterocycles. The normalized spacial score (nSPS) is 10.6. The summed E-state index contributed by atoms with van der Waals surface area (Å²) in [4.78, 5) is 11.9. The molecule has 0 fully saturated rings. The molecule has 2 aromatic heterocycles. The third kappa shape index (κ3) is 2.58. The van der Waals surface area contributed by atoms with Crippen LogP contribution in [0.4, 0.5) is 0 Å². The molecule has 0 bridgehead atoms. The maximum absolute atomic E-state index is 11.9. The van der Waals surface area contributed by atoms with Crippen molar-refractivity contribution >= 4 is 5.91 Å². The van der Waals surface area contributed by atoms with Gasteiger partial charge in [-0.2, -0.15) is 10.2 Å². The van der Waals surface area contributed by atoms with Crippen molar-refractivity contribution in [1.29, 1.82) is 0 Å². The van der Waals surface area contributed by atoms with Gasteiger partial charge in [0.1, 0.15) is 5.69 Å². The molecule has 0 spiro atoms. The van der Waals surface area contributed by atoms with Crippen molar-refractivity contribution in [3.8, 4) is 0 Å². The monoisotopic (exact) mass is 247 g/mol. The molecule has 0 aliphatic rings. The lowest BCUT2D eigenvalue weighted by molar-refractivity contribution is 0.0940. The number of rotatable bonds is 5. The van der Waals surface area contributed by atoms with Crippen molar-refractivity contribution in [3.05, 3.63) is 35.9 Å². The first-order valence-electron chi connectivity index (χ1n) is 6.06. The molecule has 2 rings (SSSR count). The summed E-state index contributed by atoms with van der Waals surface area (Å²) in [5.41, 5.74) is 1.58. The predicted molar refractivity (Wildman–Crippen MR) is 67.0 cm³/mol. The van der Waals surface area contributed by atoms with E-state index in [1.165, 1.54) is 0 Å². The number of aromatic nitrogens is 4. The Morgan fingerprint density at radius 3 is 2.83 bits per heavy atom. The van der Waals surface area contributed by atoms with Gasteiger partial charge in [-0.3, -0.25) is 14.2 Å². The average molecular weight is 247 g/mol. The van der Waals surface area contributed by atoms with E-state index in [0.29, 0.717) is 18.8 Å². The zero-order chi connectivity index (χ0) is 13.0. The quantitative estimate of drug-likeness (QED) is 0.859. The summed E-state index contributed by atoms with van der Waals surface area (Å²) >= 11 is 0. The molecule has 18 heavy (non-hydrogen) atoms. The van der Waals surface area contributed by atoms with Crippen molar-refractivity contribution in [2.75, 3.05) is 0 Å². The average Bonchev–Trinajstić information content (AvgIpc) is 3.04. The van der Waals surface area contributed by atoms with Crippen molar-refractivity contribution in [2.24, 2.45) is 0 Å². The standard InChI is InChI=1S/C12H17N5O/c1-3-16-9-10(8-15-16)7-13-12(18)11-5-6-14-17(11)4-2/h5-6,8-9H,3-4,7H2,1-2H3,(H,13,18). The number of amides is 1. The lowest BCUT2D eigenvalue weighted by atomic mass is 10.3. The van der Waals surface area contributed by atoms with Crippen LogP contribution in [-0.4, -0.2) is 25.5 Å². The van der Waals surface area contributed by atoms with Crippen LogP contribution in [0.5, 0.6) is 0 Å². The highest BCUT2D eigenvalue weighted by Gasteiger charge is 2.10. The summed E-state index contributed by atoms with van der Waals surface area (Å²) in [6, 6.07) is 1.72. The Hall–Kier alpha value is -2.11. The van der Waals surface area contributed by atoms with Gasteiger partial charge in [-0.05, 0) is 19.9 Å². The van der Waals surface area contributed by atoms with Gasteiger partial charge >= 0.3 is 0 Å². The zero-order valence-corrected chi connectivity index (χ0v) is 10.6. The van der Waals surface area contributed by atoms with Crippen LogP contribution < -0.4 is 5.32 Å². The van der Waals surface area contributed by atoms with E-state index in [1.807, 2.05) is 24.7 Å². The van der Waals surface area contributed by atoms with Crippen LogP contribution >= 0.6 is 0 Å². The predicted octanol–water partition coefficient (Wildman–Crippen LogP) is 1.05. The Morgan fingerprint density at radius 1 is 1.33 bits per heavy atom. The second-order valence-electron chi connectivity index (χ2n) is 3.92. The molecule has 96 valence electrons. The molecule has 2 heterocycles. The molecular formula is C12H17N5O. The van der Waals surface area contributed by atoms with E-state index in [4.69, 9.17) is 0 Å². The SMILES string of the molecule is CCn1cc(CNC(=O)c2ccnn2CC)cn1. The van der Waals surface area contributed by atoms with Gasteiger partial charge in [0.2, 0.25) is 0 Å². The molecule has 0 aliphatic carbocycles. The number of carbonyl (C=O) groups is 1. The molecular weight excluding hydrogens is 230 g/mol. The summed E-state index contributed by atoms with van der Waals surface area (Å²) in [5, 5.41) is 11.1. The van der Waals surface area contributed by atoms with Crippen LogP contribution in [-0.2, 0) is 19.6 Å². The second-order valence-corrected chi connectivity index (χ2v) is 3.92. The highest BCUT2D eigenvalue weighted by Crippen LogP contribution is 2.01. The molecule has 0 saturated heterocycles. The Morgan fingerprint density at radius 2 is 2.17 bits per heavy atom. The summed E-state index contributed by atoms with van der Waals surface area (Å²) in [7, 11) is 0. The van der Waals surface area contributed by atoms with E-state index in [9.17, 15) is 4.79 Å². The topological polar surface area (TPSA) is 64.7 Å². The van der Waals surface area contributed by atoms with E-state index in [-0.39, 0.29) is 5.91 Å². The number of aryl methyl sites for hydroxylation is 2. The van der Waals surface area contributed by atoms with Crippen molar-refractivity contribution in [2.45, 2.75) is 33.5 Å². The van der Waals surface area contributed by atoms with Crippen LogP contribution in [0, 0.1) is 0 Å². The van der Waals surface area contributed by atoms with Gasteiger partial charge in [0.05, 0.1) is 6.20 Å². The van der Waals surface area contributed by atoms with Crippen LogP contribution in [0.3, 0.4) is 0 Å². The van der Waals surface area contributed by atoms with Crippen LogP contribution in [0.2, 0.25) is 0 Å². The highest BCUT2D eigenvalue weighted by atomic mass is 16.2. The largest absolute Gasteiger partial charge is 0.347 e. The van der Waals surface area contributed by atoms with E-state index in [0.717, 1.165) is 12.1 Å². The van der Waals surface area contributed by atoms with Crippen molar-refractivity contribution in [3.63, 3.8) is 0 Å². The van der Waals surface area contributed by atoms with Gasteiger partial charge in [-0.15, -0.1) is 0 Å². The molecule has 1 N–H and O–H groups in total. The molecule has 6 nitrogen and oxygen atoms in total. The fourth-order valence-corrected chi connectivity index (χ4v) is 1.72.